The van der Waals surface area contributed by atoms with Crippen molar-refractivity contribution in [3.05, 3.63) is 57.9 Å². The Kier molecular flexibility index (Phi) is 4.79. The van der Waals surface area contributed by atoms with Crippen molar-refractivity contribution in [1.29, 1.82) is 0 Å². The van der Waals surface area contributed by atoms with Crippen LogP contribution in [0.4, 0.5) is 4.39 Å². The lowest BCUT2D eigenvalue weighted by Gasteiger charge is -2.14. The number of rotatable bonds is 4. The zero-order chi connectivity index (χ0) is 14.7. The molecule has 0 aliphatic rings. The van der Waals surface area contributed by atoms with E-state index in [1.165, 1.54) is 11.6 Å². The Labute approximate surface area is 124 Å². The summed E-state index contributed by atoms with van der Waals surface area (Å²) in [4.78, 5) is 0. The number of halogens is 2. The molecule has 20 heavy (non-hydrogen) atoms. The fourth-order valence-electron chi connectivity index (χ4n) is 2.22. The first-order valence-corrected chi connectivity index (χ1v) is 7.17. The van der Waals surface area contributed by atoms with E-state index >= 15 is 0 Å². The molecule has 0 atom stereocenters. The fourth-order valence-corrected chi connectivity index (χ4v) is 2.54. The van der Waals surface area contributed by atoms with Crippen LogP contribution in [0.2, 0.25) is 5.02 Å². The van der Waals surface area contributed by atoms with Crippen LogP contribution < -0.4 is 5.32 Å². The molecule has 0 saturated heterocycles. The van der Waals surface area contributed by atoms with E-state index in [9.17, 15) is 4.39 Å². The summed E-state index contributed by atoms with van der Waals surface area (Å²) in [5.74, 6) is -0.221. The van der Waals surface area contributed by atoms with E-state index in [0.717, 1.165) is 28.8 Å². The molecule has 0 bridgehead atoms. The lowest BCUT2D eigenvalue weighted by Crippen LogP contribution is -2.12. The van der Waals surface area contributed by atoms with Crippen molar-refractivity contribution in [2.45, 2.75) is 27.3 Å². The highest BCUT2D eigenvalue weighted by Crippen LogP contribution is 2.33. The molecule has 0 amide bonds. The van der Waals surface area contributed by atoms with Crippen LogP contribution in [0.1, 0.15) is 23.6 Å². The van der Waals surface area contributed by atoms with Gasteiger partial charge in [-0.05, 0) is 66.9 Å². The smallest absolute Gasteiger partial charge is 0.123 e. The van der Waals surface area contributed by atoms with Crippen molar-refractivity contribution in [2.24, 2.45) is 0 Å². The highest BCUT2D eigenvalue weighted by Gasteiger charge is 2.11. The summed E-state index contributed by atoms with van der Waals surface area (Å²) in [6.07, 6.45) is 0. The van der Waals surface area contributed by atoms with Gasteiger partial charge in [0.15, 0.2) is 0 Å². The van der Waals surface area contributed by atoms with Crippen molar-refractivity contribution in [3.8, 4) is 11.1 Å². The van der Waals surface area contributed by atoms with Gasteiger partial charge in [-0.3, -0.25) is 0 Å². The quantitative estimate of drug-likeness (QED) is 0.847. The first kappa shape index (κ1) is 15.0. The number of hydrogen-bond donors (Lipinski definition) is 1. The molecule has 106 valence electrons. The standard InChI is InChI=1S/C17H19ClFN/c1-4-20-10-13-9-14(19)5-6-15(13)16-7-11(2)12(3)8-17(16)18/h5-9,20H,4,10H2,1-3H3. The van der Waals surface area contributed by atoms with Crippen molar-refractivity contribution < 1.29 is 4.39 Å². The van der Waals surface area contributed by atoms with Gasteiger partial charge in [-0.25, -0.2) is 4.39 Å². The van der Waals surface area contributed by atoms with E-state index in [1.54, 1.807) is 12.1 Å². The summed E-state index contributed by atoms with van der Waals surface area (Å²) in [5, 5.41) is 3.94. The van der Waals surface area contributed by atoms with Gasteiger partial charge in [-0.2, -0.15) is 0 Å². The summed E-state index contributed by atoms with van der Waals surface area (Å²) < 4.78 is 13.5. The number of aryl methyl sites for hydroxylation is 2. The Bertz CT molecular complexity index is 623. The highest BCUT2D eigenvalue weighted by atomic mass is 35.5. The second-order valence-corrected chi connectivity index (χ2v) is 5.41. The van der Waals surface area contributed by atoms with E-state index in [4.69, 9.17) is 11.6 Å². The molecule has 0 aromatic heterocycles. The normalized spacial score (nSPS) is 10.8. The minimum atomic E-state index is -0.221. The van der Waals surface area contributed by atoms with Crippen LogP contribution in [-0.2, 0) is 6.54 Å². The molecule has 0 aliphatic heterocycles. The third-order valence-corrected chi connectivity index (χ3v) is 3.82. The lowest BCUT2D eigenvalue weighted by molar-refractivity contribution is 0.622. The lowest BCUT2D eigenvalue weighted by atomic mass is 9.96. The fraction of sp³-hybridized carbons (Fsp3) is 0.294. The van der Waals surface area contributed by atoms with Crippen molar-refractivity contribution >= 4 is 11.6 Å². The number of nitrogens with one attached hydrogen (secondary N) is 1. The van der Waals surface area contributed by atoms with E-state index in [0.29, 0.717) is 11.6 Å². The molecule has 2 aromatic carbocycles. The average Bonchev–Trinajstić information content (AvgIpc) is 2.41. The van der Waals surface area contributed by atoms with Crippen molar-refractivity contribution in [2.75, 3.05) is 6.54 Å². The van der Waals surface area contributed by atoms with Crippen LogP contribution in [0.25, 0.3) is 11.1 Å². The molecule has 1 N–H and O–H groups in total. The van der Waals surface area contributed by atoms with Crippen molar-refractivity contribution in [3.63, 3.8) is 0 Å². The molecular weight excluding hydrogens is 273 g/mol. The maximum absolute atomic E-state index is 13.5. The van der Waals surface area contributed by atoms with E-state index in [-0.39, 0.29) is 5.82 Å². The van der Waals surface area contributed by atoms with Crippen LogP contribution in [-0.4, -0.2) is 6.54 Å². The molecule has 1 nitrogen and oxygen atoms in total. The molecule has 3 heteroatoms. The Balaban J connectivity index is 2.54. The minimum Gasteiger partial charge on any atom is -0.313 e. The molecule has 0 unspecified atom stereocenters. The largest absolute Gasteiger partial charge is 0.313 e. The summed E-state index contributed by atoms with van der Waals surface area (Å²) in [5.41, 5.74) is 5.22. The Morgan fingerprint density at radius 3 is 2.45 bits per heavy atom. The molecule has 0 spiro atoms. The first-order chi connectivity index (χ1) is 9.52. The molecule has 0 heterocycles. The Hall–Kier alpha value is -1.38. The molecular formula is C17H19ClFN. The van der Waals surface area contributed by atoms with Crippen molar-refractivity contribution in [1.82, 2.24) is 5.32 Å². The van der Waals surface area contributed by atoms with Gasteiger partial charge in [0.25, 0.3) is 0 Å². The number of benzene rings is 2. The van der Waals surface area contributed by atoms with Gasteiger partial charge in [-0.15, -0.1) is 0 Å². The van der Waals surface area contributed by atoms with Crippen LogP contribution in [0.3, 0.4) is 0 Å². The highest BCUT2D eigenvalue weighted by molar-refractivity contribution is 6.33. The second-order valence-electron chi connectivity index (χ2n) is 5.00. The topological polar surface area (TPSA) is 12.0 Å². The minimum absolute atomic E-state index is 0.221. The van der Waals surface area contributed by atoms with Gasteiger partial charge in [-0.1, -0.05) is 24.6 Å². The molecule has 2 rings (SSSR count). The summed E-state index contributed by atoms with van der Waals surface area (Å²) >= 11 is 6.37. The predicted molar refractivity (Wildman–Crippen MR) is 83.7 cm³/mol. The average molecular weight is 292 g/mol. The third-order valence-electron chi connectivity index (χ3n) is 3.51. The van der Waals surface area contributed by atoms with Crippen LogP contribution in [0, 0.1) is 19.7 Å². The maximum Gasteiger partial charge on any atom is 0.123 e. The van der Waals surface area contributed by atoms with E-state index in [2.05, 4.69) is 18.3 Å². The zero-order valence-electron chi connectivity index (χ0n) is 12.1. The monoisotopic (exact) mass is 291 g/mol. The van der Waals surface area contributed by atoms with Crippen LogP contribution in [0.15, 0.2) is 30.3 Å². The Morgan fingerprint density at radius 1 is 1.05 bits per heavy atom. The van der Waals surface area contributed by atoms with Gasteiger partial charge in [0.2, 0.25) is 0 Å². The summed E-state index contributed by atoms with van der Waals surface area (Å²) in [7, 11) is 0. The molecule has 0 radical (unpaired) electrons. The van der Waals surface area contributed by atoms with Gasteiger partial charge in [0, 0.05) is 17.1 Å². The summed E-state index contributed by atoms with van der Waals surface area (Å²) in [6.45, 7) is 7.60. The second kappa shape index (κ2) is 6.38. The zero-order valence-corrected chi connectivity index (χ0v) is 12.8. The number of hydrogen-bond acceptors (Lipinski definition) is 1. The summed E-state index contributed by atoms with van der Waals surface area (Å²) in [6, 6.07) is 8.89. The van der Waals surface area contributed by atoms with Crippen LogP contribution >= 0.6 is 11.6 Å². The predicted octanol–water partition coefficient (Wildman–Crippen LogP) is 4.87. The third kappa shape index (κ3) is 3.20. The molecule has 0 saturated carbocycles. The SMILES string of the molecule is CCNCc1cc(F)ccc1-c1cc(C)c(C)cc1Cl. The molecule has 0 fully saturated rings. The Morgan fingerprint density at radius 2 is 1.75 bits per heavy atom. The van der Waals surface area contributed by atoms with Crippen LogP contribution in [0.5, 0.6) is 0 Å². The van der Waals surface area contributed by atoms with Gasteiger partial charge in [0.1, 0.15) is 5.82 Å². The first-order valence-electron chi connectivity index (χ1n) is 6.79. The van der Waals surface area contributed by atoms with E-state index < -0.39 is 0 Å². The maximum atomic E-state index is 13.5. The van der Waals surface area contributed by atoms with Gasteiger partial charge in [0.05, 0.1) is 0 Å². The molecule has 0 aliphatic carbocycles. The van der Waals surface area contributed by atoms with Gasteiger partial charge >= 0.3 is 0 Å². The molecule has 2 aromatic rings. The van der Waals surface area contributed by atoms with Gasteiger partial charge < -0.3 is 5.32 Å². The van der Waals surface area contributed by atoms with E-state index in [1.807, 2.05) is 19.9 Å².